The van der Waals surface area contributed by atoms with E-state index in [0.29, 0.717) is 25.2 Å². The maximum atomic E-state index is 13.4. The van der Waals surface area contributed by atoms with E-state index >= 15 is 0 Å². The van der Waals surface area contributed by atoms with Gasteiger partial charge in [-0.25, -0.2) is 8.78 Å². The van der Waals surface area contributed by atoms with E-state index in [1.165, 1.54) is 6.07 Å². The summed E-state index contributed by atoms with van der Waals surface area (Å²) < 4.78 is 26.4. The summed E-state index contributed by atoms with van der Waals surface area (Å²) in [6.45, 7) is 1.33. The lowest BCUT2D eigenvalue weighted by molar-refractivity contribution is -0.134. The number of amides is 2. The van der Waals surface area contributed by atoms with E-state index < -0.39 is 17.7 Å². The van der Waals surface area contributed by atoms with Crippen molar-refractivity contribution >= 4 is 11.8 Å². The van der Waals surface area contributed by atoms with Crippen LogP contribution in [-0.2, 0) is 16.1 Å². The van der Waals surface area contributed by atoms with Crippen LogP contribution in [0.25, 0.3) is 0 Å². The maximum absolute atomic E-state index is 13.4. The van der Waals surface area contributed by atoms with Crippen molar-refractivity contribution in [2.24, 2.45) is 0 Å². The lowest BCUT2D eigenvalue weighted by Gasteiger charge is -2.35. The van der Waals surface area contributed by atoms with Crippen molar-refractivity contribution < 1.29 is 18.4 Å². The number of hydrogen-bond acceptors (Lipinski definition) is 3. The number of carbonyl (C=O) groups is 2. The summed E-state index contributed by atoms with van der Waals surface area (Å²) in [6, 6.07) is 3.34. The summed E-state index contributed by atoms with van der Waals surface area (Å²) in [4.78, 5) is 26.1. The molecule has 1 saturated heterocycles. The highest BCUT2D eigenvalue weighted by atomic mass is 19.2. The molecular formula is C17H21F2N3O2. The van der Waals surface area contributed by atoms with Crippen molar-refractivity contribution in [2.75, 3.05) is 13.1 Å². The second-order valence-corrected chi connectivity index (χ2v) is 6.43. The van der Waals surface area contributed by atoms with Gasteiger partial charge in [0.15, 0.2) is 11.6 Å². The number of halogens is 2. The van der Waals surface area contributed by atoms with Gasteiger partial charge in [-0.3, -0.25) is 14.5 Å². The average Bonchev–Trinajstić information content (AvgIpc) is 2.50. The van der Waals surface area contributed by atoms with Crippen LogP contribution in [0, 0.1) is 11.6 Å². The molecule has 2 amide bonds. The van der Waals surface area contributed by atoms with Crippen LogP contribution in [0.5, 0.6) is 0 Å². The number of piperazine rings is 1. The molecule has 0 bridgehead atoms. The molecule has 1 aliphatic heterocycles. The van der Waals surface area contributed by atoms with Gasteiger partial charge in [-0.15, -0.1) is 0 Å². The van der Waals surface area contributed by atoms with Gasteiger partial charge in [0.1, 0.15) is 0 Å². The SMILES string of the molecule is O=C(C[C@@H]1C(=O)NCCN1Cc1ccc(F)c(F)c1)NC1CCC1. The fourth-order valence-corrected chi connectivity index (χ4v) is 3.06. The average molecular weight is 337 g/mol. The molecule has 1 atom stereocenters. The second-order valence-electron chi connectivity index (χ2n) is 6.43. The van der Waals surface area contributed by atoms with Gasteiger partial charge in [0.05, 0.1) is 12.5 Å². The normalized spacial score (nSPS) is 21.9. The minimum Gasteiger partial charge on any atom is -0.353 e. The Bertz CT molecular complexity index is 634. The molecule has 1 heterocycles. The molecule has 1 aromatic carbocycles. The van der Waals surface area contributed by atoms with Crippen LogP contribution in [0.1, 0.15) is 31.2 Å². The molecule has 3 rings (SSSR count). The zero-order valence-electron chi connectivity index (χ0n) is 13.4. The zero-order chi connectivity index (χ0) is 17.1. The topological polar surface area (TPSA) is 61.4 Å². The molecule has 0 spiro atoms. The van der Waals surface area contributed by atoms with Crippen LogP contribution in [0.15, 0.2) is 18.2 Å². The molecule has 7 heteroatoms. The van der Waals surface area contributed by atoms with Crippen LogP contribution < -0.4 is 10.6 Å². The first-order valence-corrected chi connectivity index (χ1v) is 8.28. The number of rotatable bonds is 5. The largest absolute Gasteiger partial charge is 0.353 e. The van der Waals surface area contributed by atoms with E-state index in [4.69, 9.17) is 0 Å². The lowest BCUT2D eigenvalue weighted by atomic mass is 9.93. The molecule has 1 aliphatic carbocycles. The molecule has 2 N–H and O–H groups in total. The van der Waals surface area contributed by atoms with Crippen molar-refractivity contribution in [1.29, 1.82) is 0 Å². The highest BCUT2D eigenvalue weighted by Gasteiger charge is 2.32. The molecule has 130 valence electrons. The van der Waals surface area contributed by atoms with Gasteiger partial charge < -0.3 is 10.6 Å². The number of nitrogens with zero attached hydrogens (tertiary/aromatic N) is 1. The molecule has 24 heavy (non-hydrogen) atoms. The summed E-state index contributed by atoms with van der Waals surface area (Å²) in [5, 5.41) is 5.69. The Morgan fingerprint density at radius 3 is 2.75 bits per heavy atom. The van der Waals surface area contributed by atoms with Crippen LogP contribution in [0.3, 0.4) is 0 Å². The number of nitrogens with one attached hydrogen (secondary N) is 2. The van der Waals surface area contributed by atoms with Crippen LogP contribution in [0.4, 0.5) is 8.78 Å². The second kappa shape index (κ2) is 7.25. The van der Waals surface area contributed by atoms with Gasteiger partial charge in [-0.1, -0.05) is 6.07 Å². The fourth-order valence-electron chi connectivity index (χ4n) is 3.06. The first-order valence-electron chi connectivity index (χ1n) is 8.28. The van der Waals surface area contributed by atoms with Crippen molar-refractivity contribution in [1.82, 2.24) is 15.5 Å². The minimum atomic E-state index is -0.909. The highest BCUT2D eigenvalue weighted by Crippen LogP contribution is 2.19. The van der Waals surface area contributed by atoms with E-state index in [0.717, 1.165) is 31.4 Å². The molecule has 2 aliphatic rings. The van der Waals surface area contributed by atoms with Crippen LogP contribution in [-0.4, -0.2) is 41.9 Å². The first-order chi connectivity index (χ1) is 11.5. The number of hydrogen-bond donors (Lipinski definition) is 2. The summed E-state index contributed by atoms with van der Waals surface area (Å²) >= 11 is 0. The molecule has 0 radical (unpaired) electrons. The summed E-state index contributed by atoms with van der Waals surface area (Å²) in [5.41, 5.74) is 0.577. The molecule has 0 unspecified atom stereocenters. The fraction of sp³-hybridized carbons (Fsp3) is 0.529. The van der Waals surface area contributed by atoms with E-state index in [9.17, 15) is 18.4 Å². The predicted octanol–water partition coefficient (Wildman–Crippen LogP) is 1.32. The molecule has 0 aromatic heterocycles. The Hall–Kier alpha value is -2.02. The lowest BCUT2D eigenvalue weighted by Crippen LogP contribution is -2.56. The quantitative estimate of drug-likeness (QED) is 0.852. The van der Waals surface area contributed by atoms with E-state index in [2.05, 4.69) is 10.6 Å². The minimum absolute atomic E-state index is 0.0754. The van der Waals surface area contributed by atoms with E-state index in [1.54, 1.807) is 0 Å². The van der Waals surface area contributed by atoms with Crippen molar-refractivity contribution in [3.63, 3.8) is 0 Å². The third-order valence-corrected chi connectivity index (χ3v) is 4.66. The standard InChI is InChI=1S/C17H21F2N3O2/c18-13-5-4-11(8-14(13)19)10-22-7-6-20-17(24)15(22)9-16(23)21-12-2-1-3-12/h4-5,8,12,15H,1-3,6-7,9-10H2,(H,20,24)(H,21,23)/t15-/m1/s1. The molecule has 1 aromatic rings. The first kappa shape index (κ1) is 16.8. The van der Waals surface area contributed by atoms with Crippen molar-refractivity contribution in [2.45, 2.75) is 44.3 Å². The smallest absolute Gasteiger partial charge is 0.237 e. The third kappa shape index (κ3) is 3.90. The van der Waals surface area contributed by atoms with Gasteiger partial charge in [0.2, 0.25) is 11.8 Å². The predicted molar refractivity (Wildman–Crippen MR) is 84.0 cm³/mol. The van der Waals surface area contributed by atoms with Gasteiger partial charge in [0, 0.05) is 25.7 Å². The molecular weight excluding hydrogens is 316 g/mol. The van der Waals surface area contributed by atoms with Gasteiger partial charge in [-0.2, -0.15) is 0 Å². The molecule has 5 nitrogen and oxygen atoms in total. The summed E-state index contributed by atoms with van der Waals surface area (Å²) in [6.07, 6.45) is 3.17. The van der Waals surface area contributed by atoms with Gasteiger partial charge in [-0.05, 0) is 37.0 Å². The number of carbonyl (C=O) groups excluding carboxylic acids is 2. The van der Waals surface area contributed by atoms with E-state index in [-0.39, 0.29) is 24.3 Å². The van der Waals surface area contributed by atoms with Gasteiger partial charge in [0.25, 0.3) is 0 Å². The van der Waals surface area contributed by atoms with E-state index in [1.807, 2.05) is 4.90 Å². The number of benzene rings is 1. The third-order valence-electron chi connectivity index (χ3n) is 4.66. The molecule has 2 fully saturated rings. The zero-order valence-corrected chi connectivity index (χ0v) is 13.4. The van der Waals surface area contributed by atoms with Crippen LogP contribution in [0.2, 0.25) is 0 Å². The maximum Gasteiger partial charge on any atom is 0.237 e. The highest BCUT2D eigenvalue weighted by molar-refractivity contribution is 5.88. The van der Waals surface area contributed by atoms with Crippen molar-refractivity contribution in [3.05, 3.63) is 35.4 Å². The Kier molecular flexibility index (Phi) is 5.08. The van der Waals surface area contributed by atoms with Crippen molar-refractivity contribution in [3.8, 4) is 0 Å². The van der Waals surface area contributed by atoms with Crippen LogP contribution >= 0.6 is 0 Å². The Morgan fingerprint density at radius 1 is 1.29 bits per heavy atom. The Labute approximate surface area is 139 Å². The van der Waals surface area contributed by atoms with Gasteiger partial charge >= 0.3 is 0 Å². The Morgan fingerprint density at radius 2 is 2.08 bits per heavy atom. The Balaban J connectivity index is 1.65. The molecule has 1 saturated carbocycles. The monoisotopic (exact) mass is 337 g/mol. The summed E-state index contributed by atoms with van der Waals surface area (Å²) in [5.74, 6) is -2.15. The summed E-state index contributed by atoms with van der Waals surface area (Å²) in [7, 11) is 0.